The molecule has 0 N–H and O–H groups in total. The molecule has 0 spiro atoms. The van der Waals surface area contributed by atoms with E-state index in [0.717, 1.165) is 0 Å². The fraction of sp³-hybridized carbons (Fsp3) is 0.571. The molecule has 0 saturated carbocycles. The number of carbonyl (C=O) groups is 1. The van der Waals surface area contributed by atoms with E-state index in [2.05, 4.69) is 11.3 Å². The largest absolute Gasteiger partial charge is 0.447 e. The van der Waals surface area contributed by atoms with E-state index in [1.807, 2.05) is 0 Å². The molecule has 0 fully saturated rings. The molecule has 0 aliphatic carbocycles. The molecule has 0 radical (unpaired) electrons. The van der Waals surface area contributed by atoms with Crippen LogP contribution in [0, 0.1) is 0 Å². The zero-order chi connectivity index (χ0) is 13.2. The minimum Gasteiger partial charge on any atom is -0.395 e. The van der Waals surface area contributed by atoms with Gasteiger partial charge >= 0.3 is 23.9 Å². The Kier molecular flexibility index (Phi) is 3.96. The van der Waals surface area contributed by atoms with Crippen molar-refractivity contribution in [3.05, 3.63) is 12.7 Å². The molecule has 0 aliphatic rings. The molecule has 9 heteroatoms. The van der Waals surface area contributed by atoms with Crippen molar-refractivity contribution in [2.24, 2.45) is 0 Å². The number of esters is 1. The van der Waals surface area contributed by atoms with Crippen LogP contribution in [0.1, 0.15) is 0 Å². The topological polar surface area (TPSA) is 26.3 Å². The SMILES string of the molecule is C=CC(=O)OC(F)(F)C(F)(CF)C(F)(F)F. The third-order valence-electron chi connectivity index (χ3n) is 1.49. The molecule has 1 unspecified atom stereocenters. The van der Waals surface area contributed by atoms with Crippen molar-refractivity contribution < 1.29 is 40.3 Å². The van der Waals surface area contributed by atoms with Gasteiger partial charge in [0.1, 0.15) is 6.67 Å². The van der Waals surface area contributed by atoms with Crippen LogP contribution in [-0.4, -0.2) is 30.6 Å². The van der Waals surface area contributed by atoms with Crippen molar-refractivity contribution in [1.29, 1.82) is 0 Å². The maximum absolute atomic E-state index is 12.7. The van der Waals surface area contributed by atoms with Crippen LogP contribution in [0.2, 0.25) is 0 Å². The predicted octanol–water partition coefficient (Wildman–Crippen LogP) is 2.55. The molecule has 1 atom stereocenters. The molecule has 0 bridgehead atoms. The molecule has 0 aliphatic heterocycles. The number of carbonyl (C=O) groups excluding carboxylic acids is 1. The molecule has 0 amide bonds. The highest BCUT2D eigenvalue weighted by Crippen LogP contribution is 2.46. The van der Waals surface area contributed by atoms with Crippen LogP contribution in [0.25, 0.3) is 0 Å². The first kappa shape index (κ1) is 14.7. The lowest BCUT2D eigenvalue weighted by Gasteiger charge is -2.31. The summed E-state index contributed by atoms with van der Waals surface area (Å²) in [5.74, 6) is -2.01. The van der Waals surface area contributed by atoms with Crippen molar-refractivity contribution in [1.82, 2.24) is 0 Å². The van der Waals surface area contributed by atoms with E-state index in [1.165, 1.54) is 0 Å². The molecule has 0 aromatic heterocycles. The minimum atomic E-state index is -6.23. The Balaban J connectivity index is 5.22. The molecule has 0 saturated heterocycles. The first-order valence-electron chi connectivity index (χ1n) is 3.56. The quantitative estimate of drug-likeness (QED) is 0.438. The van der Waals surface area contributed by atoms with E-state index < -0.39 is 30.6 Å². The summed E-state index contributed by atoms with van der Waals surface area (Å²) in [6.45, 7) is -0.480. The first-order chi connectivity index (χ1) is 7.02. The van der Waals surface area contributed by atoms with Gasteiger partial charge in [0.15, 0.2) is 0 Å². The highest BCUT2D eigenvalue weighted by molar-refractivity contribution is 5.81. The summed E-state index contributed by atoms with van der Waals surface area (Å²) in [6, 6.07) is 0. The standard InChI is InChI=1S/C7H5F7O2/c1-2-4(15)16-7(13,14)5(9,3-8)6(10,11)12/h2H,1,3H2. The normalized spacial score (nSPS) is 16.4. The van der Waals surface area contributed by atoms with Gasteiger partial charge in [0, 0.05) is 6.08 Å². The van der Waals surface area contributed by atoms with Gasteiger partial charge in [0.2, 0.25) is 0 Å². The Morgan fingerprint density at radius 2 is 1.62 bits per heavy atom. The third kappa shape index (κ3) is 2.45. The van der Waals surface area contributed by atoms with Gasteiger partial charge in [-0.2, -0.15) is 22.0 Å². The van der Waals surface area contributed by atoms with Crippen LogP contribution in [0.4, 0.5) is 30.7 Å². The Morgan fingerprint density at radius 3 is 1.88 bits per heavy atom. The number of rotatable bonds is 4. The first-order valence-corrected chi connectivity index (χ1v) is 3.56. The van der Waals surface area contributed by atoms with Crippen molar-refractivity contribution in [2.45, 2.75) is 18.0 Å². The molecule has 0 heterocycles. The third-order valence-corrected chi connectivity index (χ3v) is 1.49. The molecule has 94 valence electrons. The lowest BCUT2D eigenvalue weighted by molar-refractivity contribution is -0.371. The van der Waals surface area contributed by atoms with Crippen LogP contribution >= 0.6 is 0 Å². The van der Waals surface area contributed by atoms with Crippen LogP contribution in [0.15, 0.2) is 12.7 Å². The van der Waals surface area contributed by atoms with E-state index in [-0.39, 0.29) is 6.08 Å². The van der Waals surface area contributed by atoms with E-state index in [9.17, 15) is 35.5 Å². The van der Waals surface area contributed by atoms with Crippen LogP contribution in [0.3, 0.4) is 0 Å². The highest BCUT2D eigenvalue weighted by Gasteiger charge is 2.74. The zero-order valence-electron chi connectivity index (χ0n) is 7.45. The van der Waals surface area contributed by atoms with Gasteiger partial charge in [0.05, 0.1) is 0 Å². The molecular formula is C7H5F7O2. The van der Waals surface area contributed by atoms with Gasteiger partial charge in [-0.1, -0.05) is 6.58 Å². The van der Waals surface area contributed by atoms with Gasteiger partial charge in [-0.15, -0.1) is 0 Å². The number of halogens is 7. The van der Waals surface area contributed by atoms with E-state index in [0.29, 0.717) is 0 Å². The van der Waals surface area contributed by atoms with Gasteiger partial charge in [-0.3, -0.25) is 0 Å². The van der Waals surface area contributed by atoms with Gasteiger partial charge in [-0.25, -0.2) is 13.6 Å². The van der Waals surface area contributed by atoms with Crippen LogP contribution < -0.4 is 0 Å². The minimum absolute atomic E-state index is 0.0862. The summed E-state index contributed by atoms with van der Waals surface area (Å²) in [5.41, 5.74) is -5.58. The molecular weight excluding hydrogens is 249 g/mol. The summed E-state index contributed by atoms with van der Waals surface area (Å²) in [6.07, 6.45) is -11.8. The maximum atomic E-state index is 12.7. The number of alkyl halides is 7. The number of ether oxygens (including phenoxy) is 1. The van der Waals surface area contributed by atoms with E-state index in [4.69, 9.17) is 0 Å². The monoisotopic (exact) mass is 254 g/mol. The van der Waals surface area contributed by atoms with Crippen LogP contribution in [0.5, 0.6) is 0 Å². The lowest BCUT2D eigenvalue weighted by Crippen LogP contribution is -2.58. The zero-order valence-corrected chi connectivity index (χ0v) is 7.45. The molecule has 0 aromatic rings. The Labute approximate surface area is 84.7 Å². The summed E-state index contributed by atoms with van der Waals surface area (Å²) in [5, 5.41) is 0. The van der Waals surface area contributed by atoms with Crippen molar-refractivity contribution in [3.63, 3.8) is 0 Å². The highest BCUT2D eigenvalue weighted by atomic mass is 19.4. The number of hydrogen-bond acceptors (Lipinski definition) is 2. The molecule has 0 rings (SSSR count). The predicted molar refractivity (Wildman–Crippen MR) is 37.1 cm³/mol. The average molecular weight is 254 g/mol. The number of hydrogen-bond donors (Lipinski definition) is 0. The lowest BCUT2D eigenvalue weighted by atomic mass is 10.1. The summed E-state index contributed by atoms with van der Waals surface area (Å²) < 4.78 is 88.1. The molecule has 16 heavy (non-hydrogen) atoms. The van der Waals surface area contributed by atoms with Crippen molar-refractivity contribution in [2.75, 3.05) is 6.67 Å². The fourth-order valence-corrected chi connectivity index (χ4v) is 0.567. The van der Waals surface area contributed by atoms with E-state index in [1.54, 1.807) is 0 Å². The molecule has 2 nitrogen and oxygen atoms in total. The second-order valence-corrected chi connectivity index (χ2v) is 2.57. The summed E-state index contributed by atoms with van der Waals surface area (Å²) in [4.78, 5) is 10.2. The second kappa shape index (κ2) is 4.30. The van der Waals surface area contributed by atoms with Crippen molar-refractivity contribution >= 4 is 5.97 Å². The average Bonchev–Trinajstić information content (AvgIpc) is 2.13. The Bertz CT molecular complexity index is 285. The summed E-state index contributed by atoms with van der Waals surface area (Å²) in [7, 11) is 0. The fourth-order valence-electron chi connectivity index (χ4n) is 0.567. The summed E-state index contributed by atoms with van der Waals surface area (Å²) >= 11 is 0. The Hall–Kier alpha value is -1.28. The van der Waals surface area contributed by atoms with Crippen molar-refractivity contribution in [3.8, 4) is 0 Å². The van der Waals surface area contributed by atoms with Gasteiger partial charge in [-0.05, 0) is 0 Å². The van der Waals surface area contributed by atoms with E-state index >= 15 is 0 Å². The van der Waals surface area contributed by atoms with Gasteiger partial charge in [0.25, 0.3) is 0 Å². The smallest absolute Gasteiger partial charge is 0.395 e. The Morgan fingerprint density at radius 1 is 1.19 bits per heavy atom. The second-order valence-electron chi connectivity index (χ2n) is 2.57. The van der Waals surface area contributed by atoms with Gasteiger partial charge < -0.3 is 4.74 Å². The molecule has 0 aromatic carbocycles. The maximum Gasteiger partial charge on any atom is 0.447 e. The van der Waals surface area contributed by atoms with Crippen LogP contribution in [-0.2, 0) is 9.53 Å².